The number of hydrogen-bond donors (Lipinski definition) is 1. The summed E-state index contributed by atoms with van der Waals surface area (Å²) in [4.78, 5) is 15.9. The number of carbonyl (C=O) groups is 1. The van der Waals surface area contributed by atoms with E-state index in [1.807, 2.05) is 0 Å². The molecule has 2 aromatic heterocycles. The third-order valence-electron chi connectivity index (χ3n) is 2.77. The van der Waals surface area contributed by atoms with E-state index < -0.39 is 6.55 Å². The van der Waals surface area contributed by atoms with E-state index >= 15 is 0 Å². The SMILES string of the molecule is Cc1nsc(NC(=O)Cc2c(C)nn(C(F)F)c2C)n1. The number of hydrogen-bond acceptors (Lipinski definition) is 5. The minimum absolute atomic E-state index is 0.0248. The molecule has 20 heavy (non-hydrogen) atoms. The summed E-state index contributed by atoms with van der Waals surface area (Å²) in [5, 5.41) is 6.71. The Balaban J connectivity index is 2.12. The van der Waals surface area contributed by atoms with E-state index in [2.05, 4.69) is 19.8 Å². The first kappa shape index (κ1) is 14.5. The summed E-state index contributed by atoms with van der Waals surface area (Å²) in [6, 6.07) is 0. The molecule has 0 aromatic carbocycles. The molecule has 0 saturated carbocycles. The predicted octanol–water partition coefficient (Wildman–Crippen LogP) is 2.24. The molecule has 2 heterocycles. The number of halogens is 2. The van der Waals surface area contributed by atoms with Crippen molar-refractivity contribution in [3.63, 3.8) is 0 Å². The van der Waals surface area contributed by atoms with Gasteiger partial charge in [0, 0.05) is 22.8 Å². The van der Waals surface area contributed by atoms with E-state index in [4.69, 9.17) is 0 Å². The summed E-state index contributed by atoms with van der Waals surface area (Å²) in [6.45, 7) is 2.12. The van der Waals surface area contributed by atoms with Gasteiger partial charge in [0.1, 0.15) is 5.82 Å². The van der Waals surface area contributed by atoms with E-state index in [9.17, 15) is 13.6 Å². The predicted molar refractivity (Wildman–Crippen MR) is 69.9 cm³/mol. The molecule has 0 saturated heterocycles. The van der Waals surface area contributed by atoms with Crippen molar-refractivity contribution < 1.29 is 13.6 Å². The minimum Gasteiger partial charge on any atom is -0.300 e. The van der Waals surface area contributed by atoms with Crippen LogP contribution in [0.15, 0.2) is 0 Å². The number of nitrogens with zero attached hydrogens (tertiary/aromatic N) is 4. The van der Waals surface area contributed by atoms with Crippen molar-refractivity contribution >= 4 is 22.6 Å². The lowest BCUT2D eigenvalue weighted by Crippen LogP contribution is -2.15. The van der Waals surface area contributed by atoms with Crippen LogP contribution in [0.25, 0.3) is 0 Å². The van der Waals surface area contributed by atoms with E-state index in [0.29, 0.717) is 32.6 Å². The lowest BCUT2D eigenvalue weighted by molar-refractivity contribution is -0.115. The highest BCUT2D eigenvalue weighted by Crippen LogP contribution is 2.20. The zero-order chi connectivity index (χ0) is 14.9. The molecule has 0 radical (unpaired) electrons. The zero-order valence-electron chi connectivity index (χ0n) is 11.1. The Morgan fingerprint density at radius 2 is 2.10 bits per heavy atom. The van der Waals surface area contributed by atoms with E-state index in [1.54, 1.807) is 13.8 Å². The van der Waals surface area contributed by atoms with Gasteiger partial charge >= 0.3 is 6.55 Å². The smallest absolute Gasteiger partial charge is 0.300 e. The highest BCUT2D eigenvalue weighted by atomic mass is 32.1. The summed E-state index contributed by atoms with van der Waals surface area (Å²) in [5.41, 5.74) is 1.22. The Hall–Kier alpha value is -1.90. The molecule has 6 nitrogen and oxygen atoms in total. The van der Waals surface area contributed by atoms with E-state index in [-0.39, 0.29) is 12.3 Å². The lowest BCUT2D eigenvalue weighted by atomic mass is 10.1. The van der Waals surface area contributed by atoms with Crippen LogP contribution < -0.4 is 5.32 Å². The van der Waals surface area contributed by atoms with Crippen LogP contribution >= 0.6 is 11.5 Å². The van der Waals surface area contributed by atoms with Crippen molar-refractivity contribution in [2.45, 2.75) is 33.7 Å². The first-order chi connectivity index (χ1) is 9.38. The normalized spacial score (nSPS) is 11.1. The number of amides is 1. The number of alkyl halides is 2. The van der Waals surface area contributed by atoms with Gasteiger partial charge in [-0.05, 0) is 20.8 Å². The third kappa shape index (κ3) is 2.98. The molecule has 9 heteroatoms. The molecule has 0 unspecified atom stereocenters. The quantitative estimate of drug-likeness (QED) is 0.940. The van der Waals surface area contributed by atoms with Gasteiger partial charge in [0.2, 0.25) is 11.0 Å². The highest BCUT2D eigenvalue weighted by Gasteiger charge is 2.19. The molecule has 1 amide bonds. The third-order valence-corrected chi connectivity index (χ3v) is 3.49. The van der Waals surface area contributed by atoms with Gasteiger partial charge in [-0.15, -0.1) is 0 Å². The maximum atomic E-state index is 12.7. The number of aryl methyl sites for hydroxylation is 2. The average Bonchev–Trinajstić information content (AvgIpc) is 2.87. The minimum atomic E-state index is -2.71. The molecule has 0 fully saturated rings. The van der Waals surface area contributed by atoms with Crippen LogP contribution in [0.1, 0.15) is 29.3 Å². The van der Waals surface area contributed by atoms with Crippen molar-refractivity contribution in [2.24, 2.45) is 0 Å². The molecule has 0 aliphatic heterocycles. The molecule has 0 atom stereocenters. The molecular weight excluding hydrogens is 288 g/mol. The summed E-state index contributed by atoms with van der Waals surface area (Å²) >= 11 is 1.07. The molecule has 0 aliphatic rings. The Morgan fingerprint density at radius 3 is 2.60 bits per heavy atom. The Bertz CT molecular complexity index is 637. The standard InChI is InChI=1S/C11H13F2N5OS/c1-5-8(6(2)18(16-5)10(12)13)4-9(19)15-11-14-7(3)17-20-11/h10H,4H2,1-3H3,(H,14,15,17,19). The number of rotatable bonds is 4. The first-order valence-corrected chi connectivity index (χ1v) is 6.58. The van der Waals surface area contributed by atoms with Crippen LogP contribution in [0.5, 0.6) is 0 Å². The van der Waals surface area contributed by atoms with Crippen molar-refractivity contribution in [1.29, 1.82) is 0 Å². The van der Waals surface area contributed by atoms with Crippen molar-refractivity contribution in [3.8, 4) is 0 Å². The fourth-order valence-corrected chi connectivity index (χ4v) is 2.41. The molecule has 2 rings (SSSR count). The number of anilines is 1. The fourth-order valence-electron chi connectivity index (χ4n) is 1.81. The molecular formula is C11H13F2N5OS. The first-order valence-electron chi connectivity index (χ1n) is 5.81. The van der Waals surface area contributed by atoms with Gasteiger partial charge in [0.05, 0.1) is 12.1 Å². The van der Waals surface area contributed by atoms with Crippen LogP contribution in [-0.4, -0.2) is 25.0 Å². The van der Waals surface area contributed by atoms with Crippen molar-refractivity contribution in [1.82, 2.24) is 19.1 Å². The summed E-state index contributed by atoms with van der Waals surface area (Å²) in [7, 11) is 0. The molecule has 0 bridgehead atoms. The second-order valence-corrected chi connectivity index (χ2v) is 5.00. The summed E-state index contributed by atoms with van der Waals surface area (Å²) in [6.07, 6.45) is -0.0248. The molecule has 2 aromatic rings. The van der Waals surface area contributed by atoms with Crippen molar-refractivity contribution in [2.75, 3.05) is 5.32 Å². The number of carbonyl (C=O) groups excluding carboxylic acids is 1. The maximum Gasteiger partial charge on any atom is 0.333 e. The second kappa shape index (κ2) is 5.61. The van der Waals surface area contributed by atoms with Crippen LogP contribution in [0.3, 0.4) is 0 Å². The van der Waals surface area contributed by atoms with E-state index in [1.165, 1.54) is 6.92 Å². The van der Waals surface area contributed by atoms with Crippen LogP contribution in [-0.2, 0) is 11.2 Å². The summed E-state index contributed by atoms with van der Waals surface area (Å²) in [5.74, 6) is 0.240. The van der Waals surface area contributed by atoms with Crippen LogP contribution in [0.2, 0.25) is 0 Å². The molecule has 0 aliphatic carbocycles. The van der Waals surface area contributed by atoms with Gasteiger partial charge < -0.3 is 5.32 Å². The highest BCUT2D eigenvalue weighted by molar-refractivity contribution is 7.09. The lowest BCUT2D eigenvalue weighted by Gasteiger charge is -2.04. The topological polar surface area (TPSA) is 72.7 Å². The zero-order valence-corrected chi connectivity index (χ0v) is 12.0. The maximum absolute atomic E-state index is 12.7. The monoisotopic (exact) mass is 301 g/mol. The van der Waals surface area contributed by atoms with Gasteiger partial charge in [-0.1, -0.05) is 0 Å². The van der Waals surface area contributed by atoms with Crippen LogP contribution in [0, 0.1) is 20.8 Å². The van der Waals surface area contributed by atoms with Gasteiger partial charge in [0.25, 0.3) is 0 Å². The van der Waals surface area contributed by atoms with Gasteiger partial charge in [-0.3, -0.25) is 4.79 Å². The second-order valence-electron chi connectivity index (χ2n) is 4.24. The van der Waals surface area contributed by atoms with Gasteiger partial charge in [-0.2, -0.15) is 18.3 Å². The number of nitrogens with one attached hydrogen (secondary N) is 1. The van der Waals surface area contributed by atoms with Crippen molar-refractivity contribution in [3.05, 3.63) is 22.8 Å². The fraction of sp³-hybridized carbons (Fsp3) is 0.455. The molecule has 0 spiro atoms. The number of aromatic nitrogens is 4. The molecule has 1 N–H and O–H groups in total. The Kier molecular flexibility index (Phi) is 4.07. The Labute approximate surface area is 118 Å². The van der Waals surface area contributed by atoms with Crippen LogP contribution in [0.4, 0.5) is 13.9 Å². The largest absolute Gasteiger partial charge is 0.333 e. The Morgan fingerprint density at radius 1 is 1.40 bits per heavy atom. The van der Waals surface area contributed by atoms with E-state index in [0.717, 1.165) is 11.5 Å². The van der Waals surface area contributed by atoms with Gasteiger partial charge in [0.15, 0.2) is 0 Å². The molecule has 108 valence electrons. The summed E-state index contributed by atoms with van der Waals surface area (Å²) < 4.78 is 29.9. The van der Waals surface area contributed by atoms with Gasteiger partial charge in [-0.25, -0.2) is 9.67 Å². The average molecular weight is 301 g/mol.